The van der Waals surface area contributed by atoms with Gasteiger partial charge >= 0.3 is 6.09 Å². The van der Waals surface area contributed by atoms with E-state index in [9.17, 15) is 13.6 Å². The second-order valence-electron chi connectivity index (χ2n) is 12.8. The summed E-state index contributed by atoms with van der Waals surface area (Å²) in [5, 5.41) is 0. The molecule has 1 atom stereocenters. The van der Waals surface area contributed by atoms with E-state index in [1.54, 1.807) is 23.1 Å². The average molecular weight is 646 g/mol. The first-order chi connectivity index (χ1) is 21.9. The van der Waals surface area contributed by atoms with Crippen molar-refractivity contribution < 1.29 is 27.8 Å². The number of fused-ring (bicyclic) bond motifs is 1. The summed E-state index contributed by atoms with van der Waals surface area (Å²) >= 11 is 0. The summed E-state index contributed by atoms with van der Waals surface area (Å²) in [6.45, 7) is 10.0. The van der Waals surface area contributed by atoms with Crippen LogP contribution in [0.1, 0.15) is 52.3 Å². The number of hydrogen-bond acceptors (Lipinski definition) is 11. The molecule has 0 bridgehead atoms. The van der Waals surface area contributed by atoms with Crippen molar-refractivity contribution in [2.24, 2.45) is 0 Å². The molecule has 3 aromatic rings. The van der Waals surface area contributed by atoms with Crippen molar-refractivity contribution in [1.82, 2.24) is 34.3 Å². The van der Waals surface area contributed by atoms with Crippen molar-refractivity contribution in [1.29, 1.82) is 0 Å². The standard InChI is InChI=1S/C31H45F2N9O4/c1-31(2,3)46-30(43)40-14-8-10-21(20-40)41(15-9-13-38(4)5)28-35-27(39-16-18-45-19-17-39)36-29(37-28)42-22-11-7-12-23(44-6)24(22)34-26(42)25(32)33/h7,11-12,21,25H,8-10,13-20H2,1-6H3. The Kier molecular flexibility index (Phi) is 10.4. The second kappa shape index (κ2) is 14.3. The summed E-state index contributed by atoms with van der Waals surface area (Å²) in [5.41, 5.74) is 0.0653. The number of nitrogens with zero attached hydrogens (tertiary/aromatic N) is 9. The average Bonchev–Trinajstić information content (AvgIpc) is 3.43. The number of piperidine rings is 1. The third kappa shape index (κ3) is 7.74. The van der Waals surface area contributed by atoms with Crippen molar-refractivity contribution >= 4 is 29.0 Å². The van der Waals surface area contributed by atoms with Gasteiger partial charge in [0.15, 0.2) is 5.82 Å². The number of rotatable bonds is 10. The summed E-state index contributed by atoms with van der Waals surface area (Å²) in [5.74, 6) is 0.639. The Morgan fingerprint density at radius 1 is 1.07 bits per heavy atom. The van der Waals surface area contributed by atoms with E-state index in [-0.39, 0.29) is 18.1 Å². The largest absolute Gasteiger partial charge is 0.494 e. The number of aromatic nitrogens is 5. The minimum Gasteiger partial charge on any atom is -0.494 e. The molecule has 1 amide bonds. The molecule has 5 rings (SSSR count). The molecule has 13 nitrogen and oxygen atoms in total. The van der Waals surface area contributed by atoms with Crippen molar-refractivity contribution in [3.8, 4) is 11.7 Å². The quantitative estimate of drug-likeness (QED) is 0.317. The molecular weight excluding hydrogens is 600 g/mol. The molecule has 1 aromatic carbocycles. The van der Waals surface area contributed by atoms with Crippen LogP contribution < -0.4 is 14.5 Å². The number of ether oxygens (including phenoxy) is 3. The number of imidazole rings is 1. The molecule has 0 aliphatic carbocycles. The van der Waals surface area contributed by atoms with E-state index in [1.165, 1.54) is 11.7 Å². The van der Waals surface area contributed by atoms with E-state index in [1.807, 2.05) is 39.8 Å². The number of carbonyl (C=O) groups excluding carboxylic acids is 1. The summed E-state index contributed by atoms with van der Waals surface area (Å²) in [7, 11) is 5.50. The predicted molar refractivity (Wildman–Crippen MR) is 170 cm³/mol. The number of methoxy groups -OCH3 is 1. The Morgan fingerprint density at radius 3 is 2.48 bits per heavy atom. The fourth-order valence-corrected chi connectivity index (χ4v) is 5.79. The highest BCUT2D eigenvalue weighted by Crippen LogP contribution is 2.33. The van der Waals surface area contributed by atoms with Gasteiger partial charge in [0, 0.05) is 38.8 Å². The lowest BCUT2D eigenvalue weighted by atomic mass is 10.0. The van der Waals surface area contributed by atoms with Gasteiger partial charge in [-0.25, -0.2) is 18.6 Å². The molecule has 46 heavy (non-hydrogen) atoms. The molecule has 252 valence electrons. The van der Waals surface area contributed by atoms with Gasteiger partial charge < -0.3 is 33.8 Å². The summed E-state index contributed by atoms with van der Waals surface area (Å²) in [4.78, 5) is 39.8. The number of likely N-dealkylation sites (tertiary alicyclic amines) is 1. The van der Waals surface area contributed by atoms with Gasteiger partial charge in [-0.15, -0.1) is 0 Å². The first-order valence-electron chi connectivity index (χ1n) is 15.8. The molecule has 2 aromatic heterocycles. The number of alkyl halides is 2. The van der Waals surface area contributed by atoms with Crippen LogP contribution in [-0.4, -0.2) is 126 Å². The summed E-state index contributed by atoms with van der Waals surface area (Å²) in [6, 6.07) is 4.97. The fraction of sp³-hybridized carbons (Fsp3) is 0.645. The number of halogens is 2. The predicted octanol–water partition coefficient (Wildman–Crippen LogP) is 4.15. The van der Waals surface area contributed by atoms with Crippen LogP contribution in [0.25, 0.3) is 17.0 Å². The third-order valence-electron chi connectivity index (χ3n) is 7.93. The molecule has 1 unspecified atom stereocenters. The number of carbonyl (C=O) groups is 1. The van der Waals surface area contributed by atoms with Crippen LogP contribution in [0.5, 0.6) is 5.75 Å². The van der Waals surface area contributed by atoms with Crippen molar-refractivity contribution in [3.05, 3.63) is 24.0 Å². The Morgan fingerprint density at radius 2 is 1.80 bits per heavy atom. The third-order valence-corrected chi connectivity index (χ3v) is 7.93. The molecule has 15 heteroatoms. The molecular formula is C31H45F2N9O4. The molecule has 0 radical (unpaired) electrons. The Labute approximate surface area is 268 Å². The van der Waals surface area contributed by atoms with Crippen LogP contribution in [0.15, 0.2) is 18.2 Å². The van der Waals surface area contributed by atoms with Gasteiger partial charge in [-0.3, -0.25) is 4.57 Å². The fourth-order valence-electron chi connectivity index (χ4n) is 5.79. The van der Waals surface area contributed by atoms with Crippen LogP contribution in [0.4, 0.5) is 25.5 Å². The first-order valence-corrected chi connectivity index (χ1v) is 15.8. The topological polar surface area (TPSA) is 114 Å². The van der Waals surface area contributed by atoms with Gasteiger partial charge in [-0.1, -0.05) is 6.07 Å². The lowest BCUT2D eigenvalue weighted by molar-refractivity contribution is 0.0197. The minimum atomic E-state index is -2.90. The molecule has 2 saturated heterocycles. The zero-order chi connectivity index (χ0) is 33.0. The van der Waals surface area contributed by atoms with Crippen molar-refractivity contribution in [2.75, 3.05) is 83.5 Å². The Bertz CT molecular complexity index is 1490. The smallest absolute Gasteiger partial charge is 0.410 e. The number of benzene rings is 1. The minimum absolute atomic E-state index is 0.0370. The highest BCUT2D eigenvalue weighted by Gasteiger charge is 2.33. The van der Waals surface area contributed by atoms with E-state index in [2.05, 4.69) is 14.8 Å². The van der Waals surface area contributed by atoms with Crippen LogP contribution in [0, 0.1) is 0 Å². The lowest BCUT2D eigenvalue weighted by Crippen LogP contribution is -2.52. The monoisotopic (exact) mass is 645 g/mol. The number of morpholine rings is 1. The Balaban J connectivity index is 1.62. The highest BCUT2D eigenvalue weighted by molar-refractivity contribution is 5.84. The molecule has 2 aliphatic rings. The van der Waals surface area contributed by atoms with E-state index >= 15 is 0 Å². The molecule has 2 aliphatic heterocycles. The second-order valence-corrected chi connectivity index (χ2v) is 12.8. The number of amides is 1. The lowest BCUT2D eigenvalue weighted by Gasteiger charge is -2.40. The molecule has 2 fully saturated rings. The molecule has 0 N–H and O–H groups in total. The van der Waals surface area contributed by atoms with Gasteiger partial charge in [0.1, 0.15) is 16.9 Å². The molecule has 0 spiro atoms. The first kappa shape index (κ1) is 33.5. The highest BCUT2D eigenvalue weighted by atomic mass is 19.3. The van der Waals surface area contributed by atoms with E-state index in [0.717, 1.165) is 25.8 Å². The zero-order valence-electron chi connectivity index (χ0n) is 27.6. The number of para-hydroxylation sites is 1. The number of hydrogen-bond donors (Lipinski definition) is 0. The van der Waals surface area contributed by atoms with Gasteiger partial charge in [-0.2, -0.15) is 15.0 Å². The van der Waals surface area contributed by atoms with E-state index < -0.39 is 17.9 Å². The summed E-state index contributed by atoms with van der Waals surface area (Å²) < 4.78 is 47.2. The number of anilines is 2. The van der Waals surface area contributed by atoms with Gasteiger partial charge in [-0.05, 0) is 72.8 Å². The van der Waals surface area contributed by atoms with Crippen LogP contribution in [-0.2, 0) is 9.47 Å². The molecule has 4 heterocycles. The van der Waals surface area contributed by atoms with E-state index in [4.69, 9.17) is 29.2 Å². The van der Waals surface area contributed by atoms with Crippen LogP contribution in [0.2, 0.25) is 0 Å². The molecule has 0 saturated carbocycles. The normalized spacial score (nSPS) is 17.7. The van der Waals surface area contributed by atoms with Crippen LogP contribution >= 0.6 is 0 Å². The van der Waals surface area contributed by atoms with E-state index in [0.29, 0.717) is 74.6 Å². The van der Waals surface area contributed by atoms with Gasteiger partial charge in [0.05, 0.1) is 25.8 Å². The SMILES string of the molecule is COc1cccc2c1nc(C(F)F)n2-c1nc(N2CCOCC2)nc(N(CCCN(C)C)C2CCCN(C(=O)OC(C)(C)C)C2)n1. The van der Waals surface area contributed by atoms with Crippen molar-refractivity contribution in [3.63, 3.8) is 0 Å². The van der Waals surface area contributed by atoms with Crippen LogP contribution in [0.3, 0.4) is 0 Å². The maximum Gasteiger partial charge on any atom is 0.410 e. The Hall–Kier alpha value is -3.85. The summed E-state index contributed by atoms with van der Waals surface area (Å²) in [6.07, 6.45) is -0.915. The van der Waals surface area contributed by atoms with Gasteiger partial charge in [0.25, 0.3) is 6.43 Å². The zero-order valence-corrected chi connectivity index (χ0v) is 27.6. The maximum absolute atomic E-state index is 14.6. The van der Waals surface area contributed by atoms with Crippen molar-refractivity contribution in [2.45, 2.75) is 58.1 Å². The van der Waals surface area contributed by atoms with Gasteiger partial charge in [0.2, 0.25) is 17.8 Å². The maximum atomic E-state index is 14.6.